The Bertz CT molecular complexity index is 669. The molecule has 6 heteroatoms. The lowest BCUT2D eigenvalue weighted by atomic mass is 10.0. The molecule has 1 N–H and O–H groups in total. The van der Waals surface area contributed by atoms with Crippen molar-refractivity contribution in [2.75, 3.05) is 13.1 Å². The molecule has 2 aromatic rings. The van der Waals surface area contributed by atoms with Gasteiger partial charge in [0.25, 0.3) is 0 Å². The van der Waals surface area contributed by atoms with Crippen molar-refractivity contribution in [1.82, 2.24) is 20.4 Å². The van der Waals surface area contributed by atoms with Gasteiger partial charge in [-0.25, -0.2) is 0 Å². The van der Waals surface area contributed by atoms with Gasteiger partial charge in [0.2, 0.25) is 11.8 Å². The minimum Gasteiger partial charge on any atom is -0.355 e. The van der Waals surface area contributed by atoms with Gasteiger partial charge in [0.05, 0.1) is 6.54 Å². The van der Waals surface area contributed by atoms with Crippen molar-refractivity contribution in [2.45, 2.75) is 39.3 Å². The first-order chi connectivity index (χ1) is 11.6. The number of carbonyl (C=O) groups excluding carboxylic acids is 1. The Morgan fingerprint density at radius 3 is 2.88 bits per heavy atom. The fraction of sp³-hybridized carbons (Fsp3) is 0.500. The SMILES string of the molecule is CC(C)Cc1noc(CN2CCNC(=O)CC2c2ccccc2)n1. The summed E-state index contributed by atoms with van der Waals surface area (Å²) in [7, 11) is 0. The largest absolute Gasteiger partial charge is 0.355 e. The van der Waals surface area contributed by atoms with Crippen molar-refractivity contribution in [3.8, 4) is 0 Å². The molecule has 1 amide bonds. The average Bonchev–Trinajstić information content (AvgIpc) is 2.90. The molecule has 128 valence electrons. The summed E-state index contributed by atoms with van der Waals surface area (Å²) >= 11 is 0. The number of rotatable bonds is 5. The number of nitrogens with one attached hydrogen (secondary N) is 1. The summed E-state index contributed by atoms with van der Waals surface area (Å²) in [5, 5.41) is 7.01. The van der Waals surface area contributed by atoms with E-state index in [9.17, 15) is 4.79 Å². The van der Waals surface area contributed by atoms with E-state index in [-0.39, 0.29) is 11.9 Å². The van der Waals surface area contributed by atoms with E-state index in [0.29, 0.717) is 31.3 Å². The summed E-state index contributed by atoms with van der Waals surface area (Å²) in [4.78, 5) is 18.7. The molecule has 0 bridgehead atoms. The highest BCUT2D eigenvalue weighted by molar-refractivity contribution is 5.77. The van der Waals surface area contributed by atoms with Crippen LogP contribution in [0, 0.1) is 5.92 Å². The van der Waals surface area contributed by atoms with Crippen LogP contribution in [0.4, 0.5) is 0 Å². The number of nitrogens with zero attached hydrogens (tertiary/aromatic N) is 3. The topological polar surface area (TPSA) is 71.3 Å². The van der Waals surface area contributed by atoms with Gasteiger partial charge >= 0.3 is 0 Å². The highest BCUT2D eigenvalue weighted by atomic mass is 16.5. The Balaban J connectivity index is 1.77. The third kappa shape index (κ3) is 4.20. The van der Waals surface area contributed by atoms with Gasteiger partial charge in [-0.1, -0.05) is 49.3 Å². The van der Waals surface area contributed by atoms with Crippen molar-refractivity contribution in [3.05, 3.63) is 47.6 Å². The van der Waals surface area contributed by atoms with Gasteiger partial charge < -0.3 is 9.84 Å². The van der Waals surface area contributed by atoms with Crippen molar-refractivity contribution < 1.29 is 9.32 Å². The van der Waals surface area contributed by atoms with Crippen LogP contribution in [0.1, 0.15) is 43.6 Å². The molecular weight excluding hydrogens is 304 g/mol. The van der Waals surface area contributed by atoms with Crippen LogP contribution in [0.15, 0.2) is 34.9 Å². The van der Waals surface area contributed by atoms with Gasteiger partial charge in [0.1, 0.15) is 0 Å². The lowest BCUT2D eigenvalue weighted by molar-refractivity contribution is -0.121. The van der Waals surface area contributed by atoms with Gasteiger partial charge in [-0.15, -0.1) is 0 Å². The number of aromatic nitrogens is 2. The minimum absolute atomic E-state index is 0.0224. The predicted molar refractivity (Wildman–Crippen MR) is 90.1 cm³/mol. The zero-order valence-corrected chi connectivity index (χ0v) is 14.2. The monoisotopic (exact) mass is 328 g/mol. The van der Waals surface area contributed by atoms with Crippen molar-refractivity contribution >= 4 is 5.91 Å². The van der Waals surface area contributed by atoms with Crippen LogP contribution in [-0.2, 0) is 17.8 Å². The Morgan fingerprint density at radius 2 is 2.12 bits per heavy atom. The maximum absolute atomic E-state index is 12.0. The first-order valence-electron chi connectivity index (χ1n) is 8.49. The quantitative estimate of drug-likeness (QED) is 0.912. The first-order valence-corrected chi connectivity index (χ1v) is 8.49. The van der Waals surface area contributed by atoms with E-state index in [0.717, 1.165) is 24.4 Å². The molecule has 1 saturated heterocycles. The number of benzene rings is 1. The first kappa shape index (κ1) is 16.6. The molecule has 1 atom stereocenters. The van der Waals surface area contributed by atoms with Crippen molar-refractivity contribution in [2.24, 2.45) is 5.92 Å². The van der Waals surface area contributed by atoms with Gasteiger partial charge in [-0.05, 0) is 11.5 Å². The zero-order valence-electron chi connectivity index (χ0n) is 14.2. The van der Waals surface area contributed by atoms with Gasteiger partial charge in [-0.3, -0.25) is 9.69 Å². The molecule has 3 rings (SSSR count). The molecule has 0 radical (unpaired) electrons. The molecule has 1 aliphatic heterocycles. The van der Waals surface area contributed by atoms with Crippen LogP contribution >= 0.6 is 0 Å². The van der Waals surface area contributed by atoms with Crippen LogP contribution in [0.3, 0.4) is 0 Å². The van der Waals surface area contributed by atoms with Crippen molar-refractivity contribution in [3.63, 3.8) is 0 Å². The highest BCUT2D eigenvalue weighted by Crippen LogP contribution is 2.27. The standard InChI is InChI=1S/C18H24N4O2/c1-13(2)10-16-20-18(24-21-16)12-22-9-8-19-17(23)11-15(22)14-6-4-3-5-7-14/h3-7,13,15H,8-12H2,1-2H3,(H,19,23). The summed E-state index contributed by atoms with van der Waals surface area (Å²) in [5.74, 6) is 1.94. The Labute approximate surface area is 142 Å². The number of hydrogen-bond acceptors (Lipinski definition) is 5. The molecule has 0 spiro atoms. The molecule has 0 saturated carbocycles. The van der Waals surface area contributed by atoms with Gasteiger partial charge in [-0.2, -0.15) is 4.98 Å². The number of hydrogen-bond donors (Lipinski definition) is 1. The second-order valence-corrected chi connectivity index (χ2v) is 6.65. The molecule has 1 aromatic heterocycles. The van der Waals surface area contributed by atoms with Gasteiger partial charge in [0, 0.05) is 32.0 Å². The van der Waals surface area contributed by atoms with Crippen LogP contribution in [0.25, 0.3) is 0 Å². The van der Waals surface area contributed by atoms with E-state index < -0.39 is 0 Å². The third-order valence-electron chi connectivity index (χ3n) is 4.16. The highest BCUT2D eigenvalue weighted by Gasteiger charge is 2.27. The molecule has 24 heavy (non-hydrogen) atoms. The van der Waals surface area contributed by atoms with Crippen LogP contribution in [-0.4, -0.2) is 34.0 Å². The van der Waals surface area contributed by atoms with E-state index in [1.807, 2.05) is 18.2 Å². The van der Waals surface area contributed by atoms with E-state index in [1.165, 1.54) is 0 Å². The maximum atomic E-state index is 12.0. The lowest BCUT2D eigenvalue weighted by Gasteiger charge is -2.27. The normalized spacial score (nSPS) is 19.3. The predicted octanol–water partition coefficient (Wildman–Crippen LogP) is 2.33. The Morgan fingerprint density at radius 1 is 1.33 bits per heavy atom. The second-order valence-electron chi connectivity index (χ2n) is 6.65. The third-order valence-corrected chi connectivity index (χ3v) is 4.16. The maximum Gasteiger partial charge on any atom is 0.240 e. The summed E-state index contributed by atoms with van der Waals surface area (Å²) < 4.78 is 5.41. The molecule has 1 unspecified atom stereocenters. The van der Waals surface area contributed by atoms with Crippen LogP contribution in [0.2, 0.25) is 0 Å². The van der Waals surface area contributed by atoms with Gasteiger partial charge in [0.15, 0.2) is 5.82 Å². The van der Waals surface area contributed by atoms with Crippen LogP contribution in [0.5, 0.6) is 0 Å². The summed E-state index contributed by atoms with van der Waals surface area (Å²) in [5.41, 5.74) is 1.14. The van der Waals surface area contributed by atoms with E-state index in [2.05, 4.69) is 46.3 Å². The van der Waals surface area contributed by atoms with E-state index in [1.54, 1.807) is 0 Å². The second kappa shape index (κ2) is 7.57. The zero-order chi connectivity index (χ0) is 16.9. The Hall–Kier alpha value is -2.21. The Kier molecular flexibility index (Phi) is 5.25. The number of carbonyl (C=O) groups is 1. The molecule has 2 heterocycles. The summed E-state index contributed by atoms with van der Waals surface area (Å²) in [6, 6.07) is 10.1. The average molecular weight is 328 g/mol. The molecule has 1 fully saturated rings. The minimum atomic E-state index is 0.0224. The smallest absolute Gasteiger partial charge is 0.240 e. The van der Waals surface area contributed by atoms with Crippen molar-refractivity contribution in [1.29, 1.82) is 0 Å². The molecule has 6 nitrogen and oxygen atoms in total. The number of amides is 1. The molecular formula is C18H24N4O2. The summed E-state index contributed by atoms with van der Waals surface area (Å²) in [6.07, 6.45) is 1.25. The fourth-order valence-corrected chi connectivity index (χ4v) is 3.04. The van der Waals surface area contributed by atoms with E-state index >= 15 is 0 Å². The molecule has 0 aliphatic carbocycles. The summed E-state index contributed by atoms with van der Waals surface area (Å²) in [6.45, 7) is 6.21. The molecule has 1 aromatic carbocycles. The molecule has 1 aliphatic rings. The van der Waals surface area contributed by atoms with Crippen LogP contribution < -0.4 is 5.32 Å². The lowest BCUT2D eigenvalue weighted by Crippen LogP contribution is -2.30. The van der Waals surface area contributed by atoms with E-state index in [4.69, 9.17) is 4.52 Å². The fourth-order valence-electron chi connectivity index (χ4n) is 3.04.